The number of pyridine rings is 1. The molecule has 0 fully saturated rings. The molecule has 1 aliphatic heterocycles. The Kier molecular flexibility index (Phi) is 4.11. The fourth-order valence-electron chi connectivity index (χ4n) is 1.85. The molecule has 0 aliphatic carbocycles. The molecule has 20 heavy (non-hydrogen) atoms. The number of nitriles is 1. The highest BCUT2D eigenvalue weighted by molar-refractivity contribution is 5.82. The van der Waals surface area contributed by atoms with E-state index in [0.29, 0.717) is 12.0 Å². The first-order valence-electron chi connectivity index (χ1n) is 6.29. The van der Waals surface area contributed by atoms with Gasteiger partial charge in [-0.2, -0.15) is 5.26 Å². The molecule has 1 aliphatic rings. The molecule has 0 aromatic carbocycles. The summed E-state index contributed by atoms with van der Waals surface area (Å²) < 4.78 is 0. The SMILES string of the molecule is C\C1=C/C=C(c2cncc(C#N)c2)\C=C\CC(=O)N1C. The average Bonchev–Trinajstić information content (AvgIpc) is 2.54. The van der Waals surface area contributed by atoms with E-state index in [9.17, 15) is 4.79 Å². The summed E-state index contributed by atoms with van der Waals surface area (Å²) in [4.78, 5) is 17.5. The first-order valence-corrected chi connectivity index (χ1v) is 6.29. The molecule has 0 unspecified atom stereocenters. The van der Waals surface area contributed by atoms with Crippen LogP contribution in [0.25, 0.3) is 5.57 Å². The predicted octanol–water partition coefficient (Wildman–Crippen LogP) is 2.66. The molecule has 0 radical (unpaired) electrons. The summed E-state index contributed by atoms with van der Waals surface area (Å²) in [6.07, 6.45) is 11.1. The van der Waals surface area contributed by atoms with Crippen LogP contribution in [-0.2, 0) is 4.79 Å². The van der Waals surface area contributed by atoms with Crippen LogP contribution >= 0.6 is 0 Å². The second-order valence-corrected chi connectivity index (χ2v) is 4.56. The molecular weight excluding hydrogens is 250 g/mol. The van der Waals surface area contributed by atoms with E-state index in [1.807, 2.05) is 31.2 Å². The van der Waals surface area contributed by atoms with Crippen LogP contribution < -0.4 is 0 Å². The molecule has 4 heteroatoms. The minimum absolute atomic E-state index is 0.0496. The van der Waals surface area contributed by atoms with Gasteiger partial charge in [-0.1, -0.05) is 18.2 Å². The lowest BCUT2D eigenvalue weighted by Crippen LogP contribution is -2.23. The molecule has 0 saturated heterocycles. The summed E-state index contributed by atoms with van der Waals surface area (Å²) in [6, 6.07) is 3.87. The minimum atomic E-state index is 0.0496. The van der Waals surface area contributed by atoms with Crippen LogP contribution in [0, 0.1) is 11.3 Å². The Labute approximate surface area is 118 Å². The van der Waals surface area contributed by atoms with Crippen LogP contribution in [0.3, 0.4) is 0 Å². The van der Waals surface area contributed by atoms with Crippen molar-refractivity contribution in [3.05, 3.63) is 59.6 Å². The highest BCUT2D eigenvalue weighted by atomic mass is 16.2. The number of amides is 1. The van der Waals surface area contributed by atoms with Crippen molar-refractivity contribution in [3.63, 3.8) is 0 Å². The third-order valence-electron chi connectivity index (χ3n) is 3.20. The maximum absolute atomic E-state index is 11.8. The Morgan fingerprint density at radius 3 is 2.90 bits per heavy atom. The van der Waals surface area contributed by atoms with E-state index >= 15 is 0 Å². The fourth-order valence-corrected chi connectivity index (χ4v) is 1.85. The van der Waals surface area contributed by atoms with E-state index in [-0.39, 0.29) is 5.91 Å². The molecular formula is C16H15N3O. The zero-order valence-corrected chi connectivity index (χ0v) is 11.5. The zero-order chi connectivity index (χ0) is 14.5. The molecule has 0 N–H and O–H groups in total. The predicted molar refractivity (Wildman–Crippen MR) is 77.2 cm³/mol. The maximum Gasteiger partial charge on any atom is 0.230 e. The van der Waals surface area contributed by atoms with Gasteiger partial charge < -0.3 is 4.90 Å². The molecule has 0 atom stereocenters. The lowest BCUT2D eigenvalue weighted by Gasteiger charge is -2.15. The van der Waals surface area contributed by atoms with Gasteiger partial charge in [-0.3, -0.25) is 9.78 Å². The quantitative estimate of drug-likeness (QED) is 0.784. The van der Waals surface area contributed by atoms with Crippen molar-refractivity contribution in [1.82, 2.24) is 9.88 Å². The minimum Gasteiger partial charge on any atom is -0.319 e. The van der Waals surface area contributed by atoms with Crippen molar-refractivity contribution in [2.24, 2.45) is 0 Å². The number of carbonyl (C=O) groups is 1. The van der Waals surface area contributed by atoms with E-state index in [4.69, 9.17) is 5.26 Å². The smallest absolute Gasteiger partial charge is 0.230 e. The lowest BCUT2D eigenvalue weighted by molar-refractivity contribution is -0.127. The van der Waals surface area contributed by atoms with E-state index in [2.05, 4.69) is 11.1 Å². The number of hydrogen-bond acceptors (Lipinski definition) is 3. The van der Waals surface area contributed by atoms with Crippen molar-refractivity contribution in [2.45, 2.75) is 13.3 Å². The van der Waals surface area contributed by atoms with Crippen LogP contribution in [-0.4, -0.2) is 22.8 Å². The van der Waals surface area contributed by atoms with Crippen LogP contribution in [0.4, 0.5) is 0 Å². The first-order chi connectivity index (χ1) is 9.61. The maximum atomic E-state index is 11.8. The first kappa shape index (κ1) is 13.8. The standard InChI is InChI=1S/C16H15N3O/c1-12-6-7-14(4-3-5-16(20)19(12)2)15-8-13(9-17)10-18-11-15/h3-4,6-8,10-11H,5H2,1-2H3/b4-3+,12-6+,14-7+. The molecule has 4 nitrogen and oxygen atoms in total. The van der Waals surface area contributed by atoms with Crippen LogP contribution in [0.2, 0.25) is 0 Å². The lowest BCUT2D eigenvalue weighted by atomic mass is 10.0. The molecule has 0 spiro atoms. The fraction of sp³-hybridized carbons (Fsp3) is 0.188. The Morgan fingerprint density at radius 2 is 2.15 bits per heavy atom. The number of allylic oxidation sites excluding steroid dienone is 5. The van der Waals surface area contributed by atoms with Crippen molar-refractivity contribution >= 4 is 11.5 Å². The number of nitrogens with zero attached hydrogens (tertiary/aromatic N) is 3. The normalized spacial score (nSPS) is 22.4. The highest BCUT2D eigenvalue weighted by Gasteiger charge is 2.10. The Hall–Kier alpha value is -2.67. The van der Waals surface area contributed by atoms with Gasteiger partial charge in [-0.25, -0.2) is 0 Å². The van der Waals surface area contributed by atoms with Crippen LogP contribution in [0.1, 0.15) is 24.5 Å². The van der Waals surface area contributed by atoms with Gasteiger partial charge in [-0.15, -0.1) is 0 Å². The molecule has 0 saturated carbocycles. The van der Waals surface area contributed by atoms with Gasteiger partial charge in [0.25, 0.3) is 0 Å². The Bertz CT molecular complexity index is 663. The Balaban J connectivity index is 2.44. The summed E-state index contributed by atoms with van der Waals surface area (Å²) >= 11 is 0. The van der Waals surface area contributed by atoms with Gasteiger partial charge in [-0.05, 0) is 24.6 Å². The molecule has 1 amide bonds. The van der Waals surface area contributed by atoms with Crippen LogP contribution in [0.5, 0.6) is 0 Å². The van der Waals surface area contributed by atoms with E-state index in [1.54, 1.807) is 24.2 Å². The summed E-state index contributed by atoms with van der Waals surface area (Å²) in [5.74, 6) is 0.0496. The van der Waals surface area contributed by atoms with E-state index in [0.717, 1.165) is 16.8 Å². The summed E-state index contributed by atoms with van der Waals surface area (Å²) in [7, 11) is 1.76. The van der Waals surface area contributed by atoms with Crippen LogP contribution in [0.15, 0.2) is 48.5 Å². The molecule has 1 aromatic heterocycles. The molecule has 0 bridgehead atoms. The number of carbonyl (C=O) groups excluding carboxylic acids is 1. The third kappa shape index (κ3) is 3.01. The van der Waals surface area contributed by atoms with Gasteiger partial charge in [0.2, 0.25) is 5.91 Å². The van der Waals surface area contributed by atoms with Crippen molar-refractivity contribution in [2.75, 3.05) is 7.05 Å². The van der Waals surface area contributed by atoms with Gasteiger partial charge in [0.05, 0.1) is 5.56 Å². The molecule has 100 valence electrons. The van der Waals surface area contributed by atoms with Crippen molar-refractivity contribution in [1.29, 1.82) is 5.26 Å². The third-order valence-corrected chi connectivity index (χ3v) is 3.20. The largest absolute Gasteiger partial charge is 0.319 e. The molecule has 1 aromatic rings. The zero-order valence-electron chi connectivity index (χ0n) is 11.5. The second-order valence-electron chi connectivity index (χ2n) is 4.56. The Morgan fingerprint density at radius 1 is 1.35 bits per heavy atom. The number of aromatic nitrogens is 1. The van der Waals surface area contributed by atoms with Crippen molar-refractivity contribution in [3.8, 4) is 6.07 Å². The summed E-state index contributed by atoms with van der Waals surface area (Å²) in [6.45, 7) is 1.89. The van der Waals surface area contributed by atoms with E-state index < -0.39 is 0 Å². The van der Waals surface area contributed by atoms with Gasteiger partial charge in [0.1, 0.15) is 6.07 Å². The van der Waals surface area contributed by atoms with Gasteiger partial charge >= 0.3 is 0 Å². The number of hydrogen-bond donors (Lipinski definition) is 0. The average molecular weight is 265 g/mol. The van der Waals surface area contributed by atoms with Crippen molar-refractivity contribution < 1.29 is 4.79 Å². The van der Waals surface area contributed by atoms with Gasteiger partial charge in [0, 0.05) is 37.1 Å². The number of rotatable bonds is 1. The molecule has 2 rings (SSSR count). The van der Waals surface area contributed by atoms with E-state index in [1.165, 1.54) is 6.20 Å². The highest BCUT2D eigenvalue weighted by Crippen LogP contribution is 2.19. The summed E-state index contributed by atoms with van der Waals surface area (Å²) in [5.41, 5.74) is 3.18. The second kappa shape index (κ2) is 5.98. The monoisotopic (exact) mass is 265 g/mol. The summed E-state index contributed by atoms with van der Waals surface area (Å²) in [5, 5.41) is 8.93. The van der Waals surface area contributed by atoms with Gasteiger partial charge in [0.15, 0.2) is 0 Å². The molecule has 2 heterocycles. The topological polar surface area (TPSA) is 57.0 Å².